The first-order valence-corrected chi connectivity index (χ1v) is 8.59. The molecule has 0 fully saturated rings. The minimum absolute atomic E-state index is 0.611. The number of hydrogen-bond donors (Lipinski definition) is 1. The number of aliphatic hydroxyl groups is 1. The van der Waals surface area contributed by atoms with E-state index in [-0.39, 0.29) is 0 Å². The zero-order valence-corrected chi connectivity index (χ0v) is 14.8. The van der Waals surface area contributed by atoms with Crippen molar-refractivity contribution in [3.63, 3.8) is 0 Å². The molecule has 0 saturated heterocycles. The highest BCUT2D eigenvalue weighted by molar-refractivity contribution is 5.76. The highest BCUT2D eigenvalue weighted by atomic mass is 16.3. The van der Waals surface area contributed by atoms with Crippen LogP contribution in [0.4, 0.5) is 0 Å². The molecule has 5 nitrogen and oxygen atoms in total. The minimum atomic E-state index is -0.858. The van der Waals surface area contributed by atoms with Gasteiger partial charge >= 0.3 is 0 Å². The molecule has 26 heavy (non-hydrogen) atoms. The van der Waals surface area contributed by atoms with Crippen molar-refractivity contribution in [2.75, 3.05) is 0 Å². The van der Waals surface area contributed by atoms with E-state index in [0.717, 1.165) is 11.0 Å². The van der Waals surface area contributed by atoms with Gasteiger partial charge in [-0.15, -0.1) is 0 Å². The summed E-state index contributed by atoms with van der Waals surface area (Å²) in [6.07, 6.45) is 2.30. The highest BCUT2D eigenvalue weighted by Crippen LogP contribution is 2.27. The van der Waals surface area contributed by atoms with Crippen molar-refractivity contribution in [1.82, 2.24) is 19.7 Å². The van der Waals surface area contributed by atoms with Crippen LogP contribution in [0.5, 0.6) is 0 Å². The van der Waals surface area contributed by atoms with Crippen LogP contribution in [0.1, 0.15) is 34.2 Å². The van der Waals surface area contributed by atoms with Gasteiger partial charge in [0, 0.05) is 18.3 Å². The second-order valence-electron chi connectivity index (χ2n) is 6.55. The van der Waals surface area contributed by atoms with Gasteiger partial charge in [0.1, 0.15) is 11.9 Å². The lowest BCUT2D eigenvalue weighted by Crippen LogP contribution is -2.12. The van der Waals surface area contributed by atoms with E-state index in [2.05, 4.69) is 46.8 Å². The van der Waals surface area contributed by atoms with Gasteiger partial charge in [-0.3, -0.25) is 0 Å². The molecule has 0 spiro atoms. The molecule has 1 atom stereocenters. The van der Waals surface area contributed by atoms with E-state index in [9.17, 15) is 5.11 Å². The number of imidazole rings is 1. The van der Waals surface area contributed by atoms with Gasteiger partial charge in [-0.25, -0.2) is 4.98 Å². The molecule has 5 heteroatoms. The molecule has 2 aromatic heterocycles. The summed E-state index contributed by atoms with van der Waals surface area (Å²) in [5, 5.41) is 18.6. The second-order valence-corrected chi connectivity index (χ2v) is 6.55. The van der Waals surface area contributed by atoms with Gasteiger partial charge in [-0.2, -0.15) is 10.2 Å². The first-order chi connectivity index (χ1) is 12.6. The van der Waals surface area contributed by atoms with Crippen LogP contribution in [0.2, 0.25) is 0 Å². The number of aryl methyl sites for hydroxylation is 2. The van der Waals surface area contributed by atoms with Crippen LogP contribution < -0.4 is 0 Å². The third kappa shape index (κ3) is 2.97. The molecule has 0 aliphatic rings. The fraction of sp³-hybridized carbons (Fsp3) is 0.190. The maximum atomic E-state index is 10.9. The van der Waals surface area contributed by atoms with Gasteiger partial charge in [-0.05, 0) is 43.2 Å². The van der Waals surface area contributed by atoms with E-state index in [1.165, 1.54) is 16.7 Å². The molecule has 0 aliphatic heterocycles. The van der Waals surface area contributed by atoms with Crippen LogP contribution in [0.25, 0.3) is 11.0 Å². The van der Waals surface area contributed by atoms with E-state index in [4.69, 9.17) is 4.98 Å². The largest absolute Gasteiger partial charge is 0.380 e. The lowest BCUT2D eigenvalue weighted by atomic mass is 10.1. The Labute approximate surface area is 152 Å². The van der Waals surface area contributed by atoms with E-state index >= 15 is 0 Å². The second kappa shape index (κ2) is 6.69. The van der Waals surface area contributed by atoms with Crippen molar-refractivity contribution in [1.29, 1.82) is 0 Å². The van der Waals surface area contributed by atoms with Gasteiger partial charge in [0.2, 0.25) is 0 Å². The average Bonchev–Trinajstić information content (AvgIpc) is 3.03. The van der Waals surface area contributed by atoms with Crippen LogP contribution in [-0.2, 0) is 6.54 Å². The maximum absolute atomic E-state index is 10.9. The number of benzene rings is 2. The van der Waals surface area contributed by atoms with Crippen LogP contribution in [0, 0.1) is 13.8 Å². The smallest absolute Gasteiger partial charge is 0.143 e. The summed E-state index contributed by atoms with van der Waals surface area (Å²) in [7, 11) is 0. The Morgan fingerprint density at radius 2 is 1.88 bits per heavy atom. The van der Waals surface area contributed by atoms with E-state index < -0.39 is 6.10 Å². The SMILES string of the molecule is Cc1ccc(C)c(Cn2c(C(O)c3ccnnc3)nc3ccccc32)c1. The summed E-state index contributed by atoms with van der Waals surface area (Å²) < 4.78 is 2.09. The number of para-hydroxylation sites is 2. The fourth-order valence-corrected chi connectivity index (χ4v) is 3.22. The Bertz CT molecular complexity index is 1060. The first kappa shape index (κ1) is 16.4. The van der Waals surface area contributed by atoms with Crippen LogP contribution >= 0.6 is 0 Å². The number of hydrogen-bond acceptors (Lipinski definition) is 4. The van der Waals surface area contributed by atoms with Crippen LogP contribution in [0.15, 0.2) is 60.9 Å². The standard InChI is InChI=1S/C21H20N4O/c1-14-7-8-15(2)17(11-14)13-25-19-6-4-3-5-18(19)24-21(25)20(26)16-9-10-22-23-12-16/h3-12,20,26H,13H2,1-2H3. The number of rotatable bonds is 4. The van der Waals surface area contributed by atoms with Crippen molar-refractivity contribution in [3.05, 3.63) is 89.0 Å². The monoisotopic (exact) mass is 344 g/mol. The third-order valence-corrected chi connectivity index (χ3v) is 4.68. The van der Waals surface area contributed by atoms with Crippen LogP contribution in [-0.4, -0.2) is 24.9 Å². The van der Waals surface area contributed by atoms with E-state index in [1.54, 1.807) is 18.5 Å². The minimum Gasteiger partial charge on any atom is -0.380 e. The number of aromatic nitrogens is 4. The summed E-state index contributed by atoms with van der Waals surface area (Å²) in [5.41, 5.74) is 6.21. The van der Waals surface area contributed by atoms with E-state index in [1.807, 2.05) is 24.3 Å². The number of aliphatic hydroxyl groups excluding tert-OH is 1. The molecule has 0 amide bonds. The molecular weight excluding hydrogens is 324 g/mol. The van der Waals surface area contributed by atoms with Crippen molar-refractivity contribution < 1.29 is 5.11 Å². The van der Waals surface area contributed by atoms with Gasteiger partial charge in [0.05, 0.1) is 17.2 Å². The molecule has 4 rings (SSSR count). The number of fused-ring (bicyclic) bond motifs is 1. The summed E-state index contributed by atoms with van der Waals surface area (Å²) in [6.45, 7) is 4.85. The Morgan fingerprint density at radius 1 is 1.04 bits per heavy atom. The fourth-order valence-electron chi connectivity index (χ4n) is 3.22. The van der Waals surface area contributed by atoms with Crippen LogP contribution in [0.3, 0.4) is 0 Å². The Balaban J connectivity index is 1.86. The zero-order valence-electron chi connectivity index (χ0n) is 14.8. The summed E-state index contributed by atoms with van der Waals surface area (Å²) in [6, 6.07) is 16.2. The molecule has 2 heterocycles. The Hall–Kier alpha value is -3.05. The number of nitrogens with zero attached hydrogens (tertiary/aromatic N) is 4. The summed E-state index contributed by atoms with van der Waals surface area (Å²) in [5.74, 6) is 0.611. The Kier molecular flexibility index (Phi) is 4.22. The van der Waals surface area contributed by atoms with Gasteiger partial charge in [0.15, 0.2) is 0 Å². The predicted molar refractivity (Wildman–Crippen MR) is 101 cm³/mol. The molecular formula is C21H20N4O. The first-order valence-electron chi connectivity index (χ1n) is 8.59. The lowest BCUT2D eigenvalue weighted by Gasteiger charge is -2.15. The summed E-state index contributed by atoms with van der Waals surface area (Å²) >= 11 is 0. The highest BCUT2D eigenvalue weighted by Gasteiger charge is 2.20. The molecule has 2 aromatic carbocycles. The quantitative estimate of drug-likeness (QED) is 0.615. The molecule has 4 aromatic rings. The Morgan fingerprint density at radius 3 is 2.69 bits per heavy atom. The summed E-state index contributed by atoms with van der Waals surface area (Å²) in [4.78, 5) is 4.70. The zero-order chi connectivity index (χ0) is 18.1. The van der Waals surface area contributed by atoms with Crippen molar-refractivity contribution in [2.24, 2.45) is 0 Å². The van der Waals surface area contributed by atoms with Gasteiger partial charge < -0.3 is 9.67 Å². The topological polar surface area (TPSA) is 63.8 Å². The van der Waals surface area contributed by atoms with Gasteiger partial charge in [0.25, 0.3) is 0 Å². The molecule has 0 bridgehead atoms. The molecule has 130 valence electrons. The molecule has 1 unspecified atom stereocenters. The normalized spacial score (nSPS) is 12.4. The van der Waals surface area contributed by atoms with Gasteiger partial charge in [-0.1, -0.05) is 35.9 Å². The molecule has 0 radical (unpaired) electrons. The van der Waals surface area contributed by atoms with E-state index in [0.29, 0.717) is 17.9 Å². The molecule has 1 N–H and O–H groups in total. The third-order valence-electron chi connectivity index (χ3n) is 4.68. The van der Waals surface area contributed by atoms with Crippen molar-refractivity contribution in [2.45, 2.75) is 26.5 Å². The average molecular weight is 344 g/mol. The maximum Gasteiger partial charge on any atom is 0.143 e. The molecule has 0 aliphatic carbocycles. The predicted octanol–water partition coefficient (Wildman–Crippen LogP) is 3.57. The van der Waals surface area contributed by atoms with Crippen molar-refractivity contribution in [3.8, 4) is 0 Å². The van der Waals surface area contributed by atoms with Crippen molar-refractivity contribution >= 4 is 11.0 Å². The molecule has 0 saturated carbocycles. The lowest BCUT2D eigenvalue weighted by molar-refractivity contribution is 0.205.